The topological polar surface area (TPSA) is 47.3 Å². The number of nitrogens with one attached hydrogen (secondary N) is 1. The fraction of sp³-hybridized carbons (Fsp3) is 0.571. The average Bonchev–Trinajstić information content (AvgIpc) is 2.93. The number of rotatable bonds is 6. The third-order valence-electron chi connectivity index (χ3n) is 3.44. The summed E-state index contributed by atoms with van der Waals surface area (Å²) in [6.45, 7) is 2.00. The largest absolute Gasteiger partial charge is 0.377 e. The van der Waals surface area contributed by atoms with Crippen molar-refractivity contribution in [2.75, 3.05) is 19.7 Å². The minimum absolute atomic E-state index is 0.0177. The van der Waals surface area contributed by atoms with Crippen LogP contribution in [0.15, 0.2) is 24.3 Å². The van der Waals surface area contributed by atoms with E-state index in [-0.39, 0.29) is 17.7 Å². The molecule has 1 heterocycles. The Morgan fingerprint density at radius 3 is 2.47 bits per heavy atom. The first-order chi connectivity index (χ1) is 9.20. The smallest absolute Gasteiger partial charge is 0.263 e. The molecule has 0 radical (unpaired) electrons. The first kappa shape index (κ1) is 14.4. The van der Waals surface area contributed by atoms with Crippen LogP contribution in [0.25, 0.3) is 0 Å². The number of alkyl halides is 2. The molecule has 0 amide bonds. The predicted molar refractivity (Wildman–Crippen MR) is 70.2 cm³/mol. The molecule has 2 atom stereocenters. The monoisotopic (exact) mass is 270 g/mol. The summed E-state index contributed by atoms with van der Waals surface area (Å²) in [7, 11) is 0. The lowest BCUT2D eigenvalue weighted by Crippen LogP contribution is -2.34. The van der Waals surface area contributed by atoms with Gasteiger partial charge in [-0.1, -0.05) is 24.3 Å². The van der Waals surface area contributed by atoms with E-state index in [0.717, 1.165) is 31.6 Å². The Balaban J connectivity index is 1.92. The average molecular weight is 270 g/mol. The van der Waals surface area contributed by atoms with Crippen LogP contribution in [0.4, 0.5) is 8.78 Å². The van der Waals surface area contributed by atoms with E-state index in [4.69, 9.17) is 10.5 Å². The molecule has 1 aromatic carbocycles. The van der Waals surface area contributed by atoms with Gasteiger partial charge in [0.2, 0.25) is 0 Å². The van der Waals surface area contributed by atoms with Crippen LogP contribution in [-0.4, -0.2) is 25.8 Å². The molecule has 3 nitrogen and oxygen atoms in total. The molecule has 2 rings (SSSR count). The summed E-state index contributed by atoms with van der Waals surface area (Å²) in [5.41, 5.74) is 6.71. The number of nitrogens with two attached hydrogens (primary N) is 1. The van der Waals surface area contributed by atoms with E-state index < -0.39 is 6.43 Å². The molecule has 1 aromatic rings. The second-order valence-electron chi connectivity index (χ2n) is 4.80. The van der Waals surface area contributed by atoms with E-state index in [1.54, 1.807) is 12.1 Å². The van der Waals surface area contributed by atoms with Crippen molar-refractivity contribution < 1.29 is 13.5 Å². The molecule has 5 heteroatoms. The van der Waals surface area contributed by atoms with Gasteiger partial charge in [0.15, 0.2) is 0 Å². The molecule has 1 aliphatic rings. The SMILES string of the molecule is NCC(NCC1CCCO1)c1ccc(C(F)F)cc1. The Morgan fingerprint density at radius 2 is 1.95 bits per heavy atom. The van der Waals surface area contributed by atoms with Gasteiger partial charge < -0.3 is 15.8 Å². The highest BCUT2D eigenvalue weighted by Gasteiger charge is 2.18. The maximum absolute atomic E-state index is 12.5. The van der Waals surface area contributed by atoms with Crippen molar-refractivity contribution in [3.8, 4) is 0 Å². The first-order valence-electron chi connectivity index (χ1n) is 6.63. The van der Waals surface area contributed by atoms with Crippen LogP contribution in [-0.2, 0) is 4.74 Å². The molecular formula is C14H20F2N2O. The van der Waals surface area contributed by atoms with E-state index in [1.807, 2.05) is 0 Å². The lowest BCUT2D eigenvalue weighted by atomic mass is 10.0. The van der Waals surface area contributed by atoms with Crippen LogP contribution < -0.4 is 11.1 Å². The summed E-state index contributed by atoms with van der Waals surface area (Å²) in [5, 5.41) is 3.34. The van der Waals surface area contributed by atoms with Gasteiger partial charge in [-0.25, -0.2) is 8.78 Å². The van der Waals surface area contributed by atoms with Crippen molar-refractivity contribution >= 4 is 0 Å². The van der Waals surface area contributed by atoms with Gasteiger partial charge in [-0.05, 0) is 18.4 Å². The molecule has 1 aliphatic heterocycles. The third-order valence-corrected chi connectivity index (χ3v) is 3.44. The first-order valence-corrected chi connectivity index (χ1v) is 6.63. The number of benzene rings is 1. The molecule has 3 N–H and O–H groups in total. The summed E-state index contributed by atoms with van der Waals surface area (Å²) in [6, 6.07) is 6.31. The van der Waals surface area contributed by atoms with Gasteiger partial charge in [-0.2, -0.15) is 0 Å². The Bertz CT molecular complexity index is 378. The van der Waals surface area contributed by atoms with Crippen LogP contribution in [0.3, 0.4) is 0 Å². The van der Waals surface area contributed by atoms with E-state index in [2.05, 4.69) is 5.32 Å². The highest BCUT2D eigenvalue weighted by Crippen LogP contribution is 2.21. The highest BCUT2D eigenvalue weighted by atomic mass is 19.3. The standard InChI is InChI=1S/C14H20F2N2O/c15-14(16)11-5-3-10(4-6-11)13(8-17)18-9-12-2-1-7-19-12/h3-6,12-14,18H,1-2,7-9,17H2. The molecule has 0 aliphatic carbocycles. The Kier molecular flexibility index (Phi) is 5.24. The third kappa shape index (κ3) is 3.96. The van der Waals surface area contributed by atoms with Crippen LogP contribution >= 0.6 is 0 Å². The van der Waals surface area contributed by atoms with Crippen molar-refractivity contribution in [1.82, 2.24) is 5.32 Å². The maximum Gasteiger partial charge on any atom is 0.263 e. The fourth-order valence-electron chi connectivity index (χ4n) is 2.29. The molecule has 0 spiro atoms. The van der Waals surface area contributed by atoms with Gasteiger partial charge >= 0.3 is 0 Å². The summed E-state index contributed by atoms with van der Waals surface area (Å²) in [5.74, 6) is 0. The quantitative estimate of drug-likeness (QED) is 0.834. The Morgan fingerprint density at radius 1 is 1.26 bits per heavy atom. The molecule has 2 unspecified atom stereocenters. The summed E-state index contributed by atoms with van der Waals surface area (Å²) in [4.78, 5) is 0. The van der Waals surface area contributed by atoms with Gasteiger partial charge in [0.1, 0.15) is 0 Å². The molecule has 0 saturated carbocycles. The zero-order valence-electron chi connectivity index (χ0n) is 10.8. The zero-order valence-corrected chi connectivity index (χ0v) is 10.8. The highest BCUT2D eigenvalue weighted by molar-refractivity contribution is 5.26. The fourth-order valence-corrected chi connectivity index (χ4v) is 2.29. The molecule has 1 saturated heterocycles. The van der Waals surface area contributed by atoms with Crippen LogP contribution in [0.1, 0.15) is 36.4 Å². The zero-order chi connectivity index (χ0) is 13.7. The summed E-state index contributed by atoms with van der Waals surface area (Å²) in [6.07, 6.45) is -0.0169. The van der Waals surface area contributed by atoms with Crippen molar-refractivity contribution in [3.05, 3.63) is 35.4 Å². The molecule has 0 bridgehead atoms. The van der Waals surface area contributed by atoms with Crippen molar-refractivity contribution in [2.45, 2.75) is 31.4 Å². The van der Waals surface area contributed by atoms with Gasteiger partial charge in [0, 0.05) is 31.3 Å². The Hall–Kier alpha value is -1.04. The van der Waals surface area contributed by atoms with E-state index in [0.29, 0.717) is 6.54 Å². The predicted octanol–water partition coefficient (Wildman–Crippen LogP) is 2.39. The Labute approximate surface area is 112 Å². The second kappa shape index (κ2) is 6.93. The second-order valence-corrected chi connectivity index (χ2v) is 4.80. The molecular weight excluding hydrogens is 250 g/mol. The van der Waals surface area contributed by atoms with Crippen molar-refractivity contribution in [3.63, 3.8) is 0 Å². The van der Waals surface area contributed by atoms with E-state index in [9.17, 15) is 8.78 Å². The van der Waals surface area contributed by atoms with Crippen molar-refractivity contribution in [1.29, 1.82) is 0 Å². The minimum Gasteiger partial charge on any atom is -0.377 e. The minimum atomic E-state index is -2.43. The molecule has 0 aromatic heterocycles. The normalized spacial score (nSPS) is 20.9. The molecule has 1 fully saturated rings. The number of hydrogen-bond acceptors (Lipinski definition) is 3. The summed E-state index contributed by atoms with van der Waals surface area (Å²) >= 11 is 0. The maximum atomic E-state index is 12.5. The van der Waals surface area contributed by atoms with Crippen LogP contribution in [0.5, 0.6) is 0 Å². The van der Waals surface area contributed by atoms with Crippen molar-refractivity contribution in [2.24, 2.45) is 5.73 Å². The van der Waals surface area contributed by atoms with Crippen LogP contribution in [0.2, 0.25) is 0 Å². The van der Waals surface area contributed by atoms with Gasteiger partial charge in [-0.15, -0.1) is 0 Å². The number of halogens is 2. The molecule has 106 valence electrons. The number of hydrogen-bond donors (Lipinski definition) is 2. The lowest BCUT2D eigenvalue weighted by molar-refractivity contribution is 0.107. The van der Waals surface area contributed by atoms with Crippen LogP contribution in [0, 0.1) is 0 Å². The van der Waals surface area contributed by atoms with E-state index >= 15 is 0 Å². The lowest BCUT2D eigenvalue weighted by Gasteiger charge is -2.20. The van der Waals surface area contributed by atoms with Gasteiger partial charge in [-0.3, -0.25) is 0 Å². The van der Waals surface area contributed by atoms with Gasteiger partial charge in [0.25, 0.3) is 6.43 Å². The van der Waals surface area contributed by atoms with E-state index in [1.165, 1.54) is 12.1 Å². The number of ether oxygens (including phenoxy) is 1. The molecule has 19 heavy (non-hydrogen) atoms. The van der Waals surface area contributed by atoms with Gasteiger partial charge in [0.05, 0.1) is 6.10 Å². The summed E-state index contributed by atoms with van der Waals surface area (Å²) < 4.78 is 30.5.